The van der Waals surface area contributed by atoms with Crippen LogP contribution in [0.25, 0.3) is 0 Å². The zero-order valence-electron chi connectivity index (χ0n) is 27.3. The van der Waals surface area contributed by atoms with Gasteiger partial charge in [0.1, 0.15) is 5.54 Å². The Labute approximate surface area is 281 Å². The molecule has 0 saturated carbocycles. The number of aliphatic hydroxyl groups is 2. The van der Waals surface area contributed by atoms with E-state index in [0.717, 1.165) is 31.6 Å². The smallest absolute Gasteiger partial charge is 0.268 e. The molecule has 0 radical (unpaired) electrons. The molecule has 10 heteroatoms. The van der Waals surface area contributed by atoms with Gasteiger partial charge < -0.3 is 25.3 Å². The highest BCUT2D eigenvalue weighted by Gasteiger charge is 2.56. The predicted octanol–water partition coefficient (Wildman–Crippen LogP) is 4.05. The average Bonchev–Trinajstić information content (AvgIpc) is 3.78. The fraction of sp³-hybridized carbons (Fsp3) is 0.395. The van der Waals surface area contributed by atoms with E-state index in [1.54, 1.807) is 39.8 Å². The number of nitrogens with zero attached hydrogens (tertiary/aromatic N) is 4. The first kappa shape index (κ1) is 32.1. The molecule has 3 saturated heterocycles. The van der Waals surface area contributed by atoms with Crippen LogP contribution in [0, 0.1) is 5.92 Å². The lowest BCUT2D eigenvalue weighted by Gasteiger charge is -2.39. The Hall–Kier alpha value is -4.51. The van der Waals surface area contributed by atoms with E-state index in [9.17, 15) is 24.6 Å². The Morgan fingerprint density at radius 3 is 2.33 bits per heavy atom. The van der Waals surface area contributed by atoms with Crippen molar-refractivity contribution in [1.29, 1.82) is 0 Å². The van der Waals surface area contributed by atoms with Crippen molar-refractivity contribution >= 4 is 40.5 Å². The number of likely N-dealkylation sites (tertiary alicyclic amines) is 1. The number of amides is 3. The quantitative estimate of drug-likeness (QED) is 0.316. The van der Waals surface area contributed by atoms with Crippen LogP contribution in [0.4, 0.5) is 22.7 Å². The van der Waals surface area contributed by atoms with Gasteiger partial charge in [-0.15, -0.1) is 0 Å². The molecule has 1 spiro atoms. The van der Waals surface area contributed by atoms with Gasteiger partial charge in [0.15, 0.2) is 5.60 Å². The van der Waals surface area contributed by atoms with E-state index in [-0.39, 0.29) is 30.9 Å². The fourth-order valence-corrected chi connectivity index (χ4v) is 8.01. The standard InChI is InChI=1S/C38H43N5O5/c1-27(10-8-16-34(45)40-23-9-15-31(40)25-44)38(48)32-24-30(17-18-33(32)43(36(38)47)29-13-6-3-7-14-29)41-26-42(28-11-4-2-5-12-28)37(35(41)46)19-21-39-22-20-37/h2-8,10-14,17-18,24,27,31,39,44,48H,9,15-16,19-23,25-26H2,1H3/b10-8+/t27-,31-,38+/m0/s1. The van der Waals surface area contributed by atoms with Gasteiger partial charge in [-0.1, -0.05) is 55.5 Å². The monoisotopic (exact) mass is 649 g/mol. The van der Waals surface area contributed by atoms with Crippen LogP contribution >= 0.6 is 0 Å². The van der Waals surface area contributed by atoms with Crippen molar-refractivity contribution in [2.24, 2.45) is 5.92 Å². The molecule has 4 aliphatic rings. The van der Waals surface area contributed by atoms with Crippen molar-refractivity contribution in [1.82, 2.24) is 10.2 Å². The summed E-state index contributed by atoms with van der Waals surface area (Å²) in [4.78, 5) is 48.9. The van der Waals surface area contributed by atoms with Crippen molar-refractivity contribution in [3.8, 4) is 0 Å². The Morgan fingerprint density at radius 2 is 1.65 bits per heavy atom. The summed E-state index contributed by atoms with van der Waals surface area (Å²) in [5, 5.41) is 25.5. The molecule has 250 valence electrons. The number of anilines is 4. The molecule has 7 rings (SSSR count). The summed E-state index contributed by atoms with van der Waals surface area (Å²) < 4.78 is 0. The van der Waals surface area contributed by atoms with Gasteiger partial charge in [-0.05, 0) is 81.2 Å². The number of carbonyl (C=O) groups is 3. The van der Waals surface area contributed by atoms with Crippen LogP contribution in [-0.2, 0) is 20.0 Å². The molecule has 48 heavy (non-hydrogen) atoms. The largest absolute Gasteiger partial charge is 0.394 e. The number of fused-ring (bicyclic) bond motifs is 1. The molecule has 0 unspecified atom stereocenters. The van der Waals surface area contributed by atoms with Gasteiger partial charge in [0.2, 0.25) is 5.91 Å². The third kappa shape index (κ3) is 5.19. The van der Waals surface area contributed by atoms with Crippen LogP contribution < -0.4 is 20.0 Å². The highest BCUT2D eigenvalue weighted by molar-refractivity contribution is 6.13. The number of aliphatic hydroxyl groups excluding tert-OH is 1. The summed E-state index contributed by atoms with van der Waals surface area (Å²) in [6.45, 7) is 4.15. The van der Waals surface area contributed by atoms with Gasteiger partial charge in [-0.25, -0.2) is 0 Å². The van der Waals surface area contributed by atoms with Crippen LogP contribution in [-0.4, -0.2) is 77.3 Å². The van der Waals surface area contributed by atoms with E-state index < -0.39 is 23.0 Å². The van der Waals surface area contributed by atoms with E-state index in [1.807, 2.05) is 72.8 Å². The highest BCUT2D eigenvalue weighted by atomic mass is 16.3. The lowest BCUT2D eigenvalue weighted by atomic mass is 9.82. The SMILES string of the molecule is C[C@@H](/C=C/CC(=O)N1CCC[C@H]1CO)[C@]1(O)C(=O)N(c2ccccc2)c2ccc(N3CN(c4ccccc4)C4(CCNCC4)C3=O)cc21. The van der Waals surface area contributed by atoms with E-state index >= 15 is 0 Å². The maximum atomic E-state index is 14.4. The summed E-state index contributed by atoms with van der Waals surface area (Å²) in [5.74, 6) is -1.26. The van der Waals surface area contributed by atoms with Crippen molar-refractivity contribution < 1.29 is 24.6 Å². The van der Waals surface area contributed by atoms with Crippen molar-refractivity contribution in [3.05, 3.63) is 96.6 Å². The van der Waals surface area contributed by atoms with E-state index in [2.05, 4.69) is 10.2 Å². The van der Waals surface area contributed by atoms with Crippen molar-refractivity contribution in [2.75, 3.05) is 47.6 Å². The van der Waals surface area contributed by atoms with Crippen LogP contribution in [0.3, 0.4) is 0 Å². The summed E-state index contributed by atoms with van der Waals surface area (Å²) in [5.41, 5.74) is 0.556. The molecule has 3 N–H and O–H groups in total. The molecular weight excluding hydrogens is 606 g/mol. The number of piperidine rings is 1. The number of para-hydroxylation sites is 2. The molecule has 0 bridgehead atoms. The molecule has 10 nitrogen and oxygen atoms in total. The number of hydrogen-bond acceptors (Lipinski definition) is 7. The normalized spacial score (nSPS) is 24.3. The molecule has 3 atom stereocenters. The third-order valence-electron chi connectivity index (χ3n) is 10.7. The summed E-state index contributed by atoms with van der Waals surface area (Å²) >= 11 is 0. The minimum Gasteiger partial charge on any atom is -0.394 e. The number of carbonyl (C=O) groups excluding carboxylic acids is 3. The maximum Gasteiger partial charge on any atom is 0.268 e. The highest BCUT2D eigenvalue weighted by Crippen LogP contribution is 2.50. The van der Waals surface area contributed by atoms with Gasteiger partial charge in [0.05, 0.1) is 25.0 Å². The predicted molar refractivity (Wildman–Crippen MR) is 185 cm³/mol. The summed E-state index contributed by atoms with van der Waals surface area (Å²) in [7, 11) is 0. The number of benzene rings is 3. The van der Waals surface area contributed by atoms with Crippen LogP contribution in [0.5, 0.6) is 0 Å². The molecule has 3 amide bonds. The molecule has 3 aromatic rings. The van der Waals surface area contributed by atoms with Crippen molar-refractivity contribution in [3.63, 3.8) is 0 Å². The molecule has 3 fully saturated rings. The minimum atomic E-state index is -1.95. The Kier molecular flexibility index (Phi) is 8.57. The second-order valence-electron chi connectivity index (χ2n) is 13.4. The molecule has 4 aliphatic heterocycles. The van der Waals surface area contributed by atoms with Gasteiger partial charge in [0.25, 0.3) is 11.8 Å². The number of nitrogens with one attached hydrogen (secondary N) is 1. The molecular formula is C38H43N5O5. The van der Waals surface area contributed by atoms with Gasteiger partial charge in [0, 0.05) is 41.5 Å². The van der Waals surface area contributed by atoms with Crippen LogP contribution in [0.1, 0.15) is 44.6 Å². The lowest BCUT2D eigenvalue weighted by molar-refractivity contribution is -0.138. The first-order valence-electron chi connectivity index (χ1n) is 17.0. The number of rotatable bonds is 8. The van der Waals surface area contributed by atoms with Gasteiger partial charge in [-0.3, -0.25) is 24.2 Å². The molecule has 0 aliphatic carbocycles. The molecule has 4 heterocycles. The summed E-state index contributed by atoms with van der Waals surface area (Å²) in [6, 6.07) is 24.5. The van der Waals surface area contributed by atoms with E-state index in [0.29, 0.717) is 48.7 Å². The maximum absolute atomic E-state index is 14.4. The zero-order valence-corrected chi connectivity index (χ0v) is 27.3. The first-order chi connectivity index (χ1) is 23.3. The molecule has 0 aromatic heterocycles. The minimum absolute atomic E-state index is 0.00938. The second-order valence-corrected chi connectivity index (χ2v) is 13.4. The third-order valence-corrected chi connectivity index (χ3v) is 10.7. The second kappa shape index (κ2) is 12.8. The lowest BCUT2D eigenvalue weighted by Crippen LogP contribution is -2.55. The zero-order chi connectivity index (χ0) is 33.5. The van der Waals surface area contributed by atoms with Gasteiger partial charge in [-0.2, -0.15) is 0 Å². The first-order valence-corrected chi connectivity index (χ1v) is 17.0. The Bertz CT molecular complexity index is 1710. The van der Waals surface area contributed by atoms with Crippen LogP contribution in [0.15, 0.2) is 91.0 Å². The van der Waals surface area contributed by atoms with E-state index in [4.69, 9.17) is 0 Å². The van der Waals surface area contributed by atoms with Crippen molar-refractivity contribution in [2.45, 2.75) is 56.2 Å². The molecule has 3 aromatic carbocycles. The number of hydrogen-bond donors (Lipinski definition) is 3. The topological polar surface area (TPSA) is 117 Å². The van der Waals surface area contributed by atoms with E-state index in [1.165, 1.54) is 0 Å². The Balaban J connectivity index is 1.24. The van der Waals surface area contributed by atoms with Gasteiger partial charge >= 0.3 is 0 Å². The van der Waals surface area contributed by atoms with Crippen LogP contribution in [0.2, 0.25) is 0 Å². The fourth-order valence-electron chi connectivity index (χ4n) is 8.01. The summed E-state index contributed by atoms with van der Waals surface area (Å²) in [6.07, 6.45) is 6.53. The Morgan fingerprint density at radius 1 is 0.958 bits per heavy atom. The average molecular weight is 650 g/mol.